The summed E-state index contributed by atoms with van der Waals surface area (Å²) in [5.74, 6) is -1.09. The molecule has 22 heavy (non-hydrogen) atoms. The van der Waals surface area contributed by atoms with Crippen LogP contribution in [0.15, 0.2) is 24.3 Å². The number of carbonyl (C=O) groups is 1. The predicted molar refractivity (Wildman–Crippen MR) is 90.8 cm³/mol. The molecule has 0 spiro atoms. The normalized spacial score (nSPS) is 9.77. The number of benzene rings is 1. The summed E-state index contributed by atoms with van der Waals surface area (Å²) in [4.78, 5) is 12.2. The van der Waals surface area contributed by atoms with Crippen LogP contribution < -0.4 is 10.8 Å². The lowest BCUT2D eigenvalue weighted by molar-refractivity contribution is 0.102. The highest BCUT2D eigenvalue weighted by Gasteiger charge is 2.21. The maximum Gasteiger partial charge on any atom is 0.262 e. The third-order valence-corrected chi connectivity index (χ3v) is 3.21. The highest BCUT2D eigenvalue weighted by molar-refractivity contribution is 6.72. The summed E-state index contributed by atoms with van der Waals surface area (Å²) < 4.78 is 14.9. The van der Waals surface area contributed by atoms with Crippen LogP contribution in [0.1, 0.15) is 29.9 Å². The molecule has 4 nitrogen and oxygen atoms in total. The lowest BCUT2D eigenvalue weighted by atomic mass is 9.49. The monoisotopic (exact) mass is 303 g/mol. The van der Waals surface area contributed by atoms with E-state index in [9.17, 15) is 9.18 Å². The minimum atomic E-state index is -0.623. The number of hydrogen-bond acceptors (Lipinski definition) is 2. The van der Waals surface area contributed by atoms with Gasteiger partial charge in [0.2, 0.25) is 5.95 Å². The number of nitrogens with zero attached hydrogens (tertiary/aromatic N) is 2. The fourth-order valence-electron chi connectivity index (χ4n) is 2.19. The minimum absolute atomic E-state index is 0.00828. The minimum Gasteiger partial charge on any atom is -0.322 e. The van der Waals surface area contributed by atoms with Crippen molar-refractivity contribution < 1.29 is 9.18 Å². The van der Waals surface area contributed by atoms with E-state index in [4.69, 9.17) is 0 Å². The number of amides is 1. The molecule has 0 unspecified atom stereocenters. The molecule has 0 radical (unpaired) electrons. The standard InChI is InChI=1S/C14H17BFN3O.C2H6/c1-9-12(13(16)19(4)18-9)14(20)17-11-8-6-5-7-10(11)15(2)3;1-2/h5-8H,1-4H3,(H,17,20);1-2H3. The van der Waals surface area contributed by atoms with E-state index >= 15 is 0 Å². The molecule has 0 saturated carbocycles. The maximum atomic E-state index is 13.9. The highest BCUT2D eigenvalue weighted by Crippen LogP contribution is 2.14. The van der Waals surface area contributed by atoms with Crippen LogP contribution in [-0.4, -0.2) is 22.4 Å². The van der Waals surface area contributed by atoms with Crippen LogP contribution in [0.25, 0.3) is 0 Å². The summed E-state index contributed by atoms with van der Waals surface area (Å²) >= 11 is 0. The number of para-hydroxylation sites is 1. The molecule has 1 aromatic heterocycles. The van der Waals surface area contributed by atoms with Crippen molar-refractivity contribution in [3.05, 3.63) is 41.5 Å². The van der Waals surface area contributed by atoms with Gasteiger partial charge in [-0.05, 0) is 13.0 Å². The second-order valence-electron chi connectivity index (χ2n) is 5.07. The van der Waals surface area contributed by atoms with Crippen molar-refractivity contribution in [2.45, 2.75) is 34.4 Å². The van der Waals surface area contributed by atoms with Crippen LogP contribution in [0.4, 0.5) is 10.1 Å². The topological polar surface area (TPSA) is 46.9 Å². The maximum absolute atomic E-state index is 13.9. The number of rotatable bonds is 3. The molecule has 118 valence electrons. The van der Waals surface area contributed by atoms with Crippen molar-refractivity contribution >= 4 is 23.8 Å². The lowest BCUT2D eigenvalue weighted by Crippen LogP contribution is -2.28. The smallest absolute Gasteiger partial charge is 0.262 e. The van der Waals surface area contributed by atoms with Gasteiger partial charge >= 0.3 is 0 Å². The molecule has 6 heteroatoms. The van der Waals surface area contributed by atoms with Gasteiger partial charge in [0, 0.05) is 12.7 Å². The van der Waals surface area contributed by atoms with Crippen LogP contribution in [0, 0.1) is 12.9 Å². The quantitative estimate of drug-likeness (QED) is 0.886. The van der Waals surface area contributed by atoms with Gasteiger partial charge in [-0.1, -0.05) is 51.2 Å². The first-order valence-electron chi connectivity index (χ1n) is 7.51. The van der Waals surface area contributed by atoms with Crippen molar-refractivity contribution in [3.8, 4) is 0 Å². The molecule has 0 bridgehead atoms. The van der Waals surface area contributed by atoms with E-state index in [1.807, 2.05) is 51.8 Å². The van der Waals surface area contributed by atoms with Gasteiger partial charge in [0.05, 0.1) is 5.69 Å². The first kappa shape index (κ1) is 17.9. The Hall–Kier alpha value is -2.11. The summed E-state index contributed by atoms with van der Waals surface area (Å²) in [7, 11) is 1.47. The Bertz CT molecular complexity index is 653. The van der Waals surface area contributed by atoms with Crippen LogP contribution in [-0.2, 0) is 7.05 Å². The molecular weight excluding hydrogens is 280 g/mol. The number of anilines is 1. The van der Waals surface area contributed by atoms with E-state index in [0.29, 0.717) is 11.4 Å². The number of hydrogen-bond donors (Lipinski definition) is 1. The van der Waals surface area contributed by atoms with Crippen molar-refractivity contribution in [2.24, 2.45) is 7.05 Å². The fraction of sp³-hybridized carbons (Fsp3) is 0.375. The Balaban J connectivity index is 0.00000116. The first-order chi connectivity index (χ1) is 10.4. The third-order valence-electron chi connectivity index (χ3n) is 3.21. The summed E-state index contributed by atoms with van der Waals surface area (Å²) in [6.07, 6.45) is 0. The molecule has 0 aliphatic carbocycles. The zero-order chi connectivity index (χ0) is 16.9. The highest BCUT2D eigenvalue weighted by atomic mass is 19.1. The Kier molecular flexibility index (Phi) is 6.34. The second-order valence-corrected chi connectivity index (χ2v) is 5.07. The lowest BCUT2D eigenvalue weighted by Gasteiger charge is -2.12. The average molecular weight is 303 g/mol. The molecule has 0 fully saturated rings. The van der Waals surface area contributed by atoms with Gasteiger partial charge in [0.1, 0.15) is 5.56 Å². The molecule has 0 aliphatic heterocycles. The van der Waals surface area contributed by atoms with Crippen LogP contribution >= 0.6 is 0 Å². The van der Waals surface area contributed by atoms with E-state index in [1.165, 1.54) is 7.05 Å². The van der Waals surface area contributed by atoms with Gasteiger partial charge in [-0.3, -0.25) is 4.79 Å². The Labute approximate surface area is 131 Å². The first-order valence-corrected chi connectivity index (χ1v) is 7.51. The molecule has 0 saturated heterocycles. The molecule has 2 aromatic rings. The van der Waals surface area contributed by atoms with Crippen molar-refractivity contribution in [3.63, 3.8) is 0 Å². The molecule has 1 heterocycles. The van der Waals surface area contributed by atoms with Crippen LogP contribution in [0.5, 0.6) is 0 Å². The zero-order valence-electron chi connectivity index (χ0n) is 14.1. The largest absolute Gasteiger partial charge is 0.322 e. The van der Waals surface area contributed by atoms with Gasteiger partial charge in [-0.2, -0.15) is 9.49 Å². The number of carbonyl (C=O) groups excluding carboxylic acids is 1. The molecule has 2 rings (SSSR count). The van der Waals surface area contributed by atoms with E-state index in [-0.39, 0.29) is 12.3 Å². The van der Waals surface area contributed by atoms with Crippen molar-refractivity contribution in [2.75, 3.05) is 5.32 Å². The van der Waals surface area contributed by atoms with Gasteiger partial charge in [-0.25, -0.2) is 4.68 Å². The summed E-state index contributed by atoms with van der Waals surface area (Å²) in [6, 6.07) is 7.53. The summed E-state index contributed by atoms with van der Waals surface area (Å²) in [5, 5.41) is 6.68. The van der Waals surface area contributed by atoms with Crippen molar-refractivity contribution in [1.82, 2.24) is 9.78 Å². The van der Waals surface area contributed by atoms with E-state index in [2.05, 4.69) is 10.4 Å². The molecular formula is C16H23BFN3O. The Morgan fingerprint density at radius 3 is 2.36 bits per heavy atom. The average Bonchev–Trinajstić information content (AvgIpc) is 2.74. The van der Waals surface area contributed by atoms with E-state index in [1.54, 1.807) is 6.92 Å². The van der Waals surface area contributed by atoms with Gasteiger partial charge in [0.15, 0.2) is 6.71 Å². The Morgan fingerprint density at radius 1 is 1.27 bits per heavy atom. The third kappa shape index (κ3) is 3.75. The van der Waals surface area contributed by atoms with Gasteiger partial charge in [0.25, 0.3) is 5.91 Å². The molecule has 1 aromatic carbocycles. The van der Waals surface area contributed by atoms with Crippen LogP contribution in [0.2, 0.25) is 13.6 Å². The predicted octanol–water partition coefficient (Wildman–Crippen LogP) is 3.11. The summed E-state index contributed by atoms with van der Waals surface area (Å²) in [5.41, 5.74) is 2.09. The zero-order valence-corrected chi connectivity index (χ0v) is 14.1. The fourth-order valence-corrected chi connectivity index (χ4v) is 2.19. The molecule has 0 aliphatic rings. The molecule has 1 N–H and O–H groups in total. The second kappa shape index (κ2) is 7.78. The summed E-state index contributed by atoms with van der Waals surface area (Å²) in [6.45, 7) is 9.97. The number of nitrogens with one attached hydrogen (secondary N) is 1. The molecule has 0 atom stereocenters. The molecule has 1 amide bonds. The Morgan fingerprint density at radius 2 is 1.86 bits per heavy atom. The van der Waals surface area contributed by atoms with E-state index < -0.39 is 11.9 Å². The number of aryl methyl sites for hydroxylation is 2. The van der Waals surface area contributed by atoms with Crippen LogP contribution in [0.3, 0.4) is 0 Å². The van der Waals surface area contributed by atoms with E-state index in [0.717, 1.165) is 10.1 Å². The van der Waals surface area contributed by atoms with Crippen molar-refractivity contribution in [1.29, 1.82) is 0 Å². The number of aromatic nitrogens is 2. The van der Waals surface area contributed by atoms with Gasteiger partial charge < -0.3 is 5.32 Å². The SMILES string of the molecule is CB(C)c1ccccc1NC(=O)c1c(C)nn(C)c1F.CC. The number of halogens is 1. The van der Waals surface area contributed by atoms with Gasteiger partial charge in [-0.15, -0.1) is 0 Å².